The highest BCUT2D eigenvalue weighted by molar-refractivity contribution is 6.35. The lowest BCUT2D eigenvalue weighted by Gasteiger charge is -2.11. The highest BCUT2D eigenvalue weighted by atomic mass is 35.5. The van der Waals surface area contributed by atoms with E-state index in [4.69, 9.17) is 23.2 Å². The lowest BCUT2D eigenvalue weighted by atomic mass is 10.1. The van der Waals surface area contributed by atoms with Gasteiger partial charge in [-0.3, -0.25) is 4.79 Å². The number of rotatable bonds is 5. The molecule has 5 nitrogen and oxygen atoms in total. The Balaban J connectivity index is 1.83. The maximum Gasteiger partial charge on any atom is 0.229 e. The number of aromatic nitrogens is 2. The normalized spacial score (nSPS) is 10.5. The largest absolute Gasteiger partial charge is 0.340 e. The van der Waals surface area contributed by atoms with E-state index in [-0.39, 0.29) is 5.78 Å². The van der Waals surface area contributed by atoms with Crippen LogP contribution in [0, 0.1) is 6.92 Å². The number of anilines is 4. The SMILES string of the molecule is CC(=O)c1ccc(Nc2cc(C)nc(Nc3cc(Cl)ccc3Cl)n2)cc1. The molecule has 0 radical (unpaired) electrons. The molecular formula is C19H16Cl2N4O. The van der Waals surface area contributed by atoms with Gasteiger partial charge in [0.25, 0.3) is 0 Å². The van der Waals surface area contributed by atoms with Gasteiger partial charge in [-0.1, -0.05) is 23.2 Å². The van der Waals surface area contributed by atoms with Crippen molar-refractivity contribution in [2.45, 2.75) is 13.8 Å². The van der Waals surface area contributed by atoms with Crippen molar-refractivity contribution in [3.63, 3.8) is 0 Å². The van der Waals surface area contributed by atoms with Crippen LogP contribution in [0.15, 0.2) is 48.5 Å². The topological polar surface area (TPSA) is 66.9 Å². The molecule has 0 amide bonds. The zero-order chi connectivity index (χ0) is 18.7. The molecule has 0 saturated carbocycles. The first kappa shape index (κ1) is 18.2. The van der Waals surface area contributed by atoms with Crippen molar-refractivity contribution >= 4 is 52.1 Å². The van der Waals surface area contributed by atoms with Gasteiger partial charge in [-0.15, -0.1) is 0 Å². The third-order valence-electron chi connectivity index (χ3n) is 3.59. The molecule has 0 unspecified atom stereocenters. The summed E-state index contributed by atoms with van der Waals surface area (Å²) >= 11 is 12.2. The molecule has 1 heterocycles. The van der Waals surface area contributed by atoms with E-state index < -0.39 is 0 Å². The first-order valence-corrected chi connectivity index (χ1v) is 8.62. The highest BCUT2D eigenvalue weighted by Gasteiger charge is 2.07. The first-order valence-electron chi connectivity index (χ1n) is 7.86. The summed E-state index contributed by atoms with van der Waals surface area (Å²) in [6.07, 6.45) is 0. The van der Waals surface area contributed by atoms with E-state index in [1.807, 2.05) is 25.1 Å². The van der Waals surface area contributed by atoms with Gasteiger partial charge in [0.1, 0.15) is 5.82 Å². The van der Waals surface area contributed by atoms with Crippen LogP contribution in [0.5, 0.6) is 0 Å². The van der Waals surface area contributed by atoms with Gasteiger partial charge in [0.05, 0.1) is 10.7 Å². The molecule has 0 aliphatic heterocycles. The molecule has 0 aliphatic carbocycles. The Labute approximate surface area is 161 Å². The quantitative estimate of drug-likeness (QED) is 0.543. The lowest BCUT2D eigenvalue weighted by molar-refractivity contribution is 0.101. The number of hydrogen-bond acceptors (Lipinski definition) is 5. The zero-order valence-electron chi connectivity index (χ0n) is 14.2. The summed E-state index contributed by atoms with van der Waals surface area (Å²) in [6.45, 7) is 3.41. The van der Waals surface area contributed by atoms with Crippen molar-refractivity contribution in [2.75, 3.05) is 10.6 Å². The fraction of sp³-hybridized carbons (Fsp3) is 0.105. The van der Waals surface area contributed by atoms with E-state index in [2.05, 4.69) is 20.6 Å². The molecule has 3 rings (SSSR count). The molecule has 3 aromatic rings. The second-order valence-electron chi connectivity index (χ2n) is 5.73. The Bertz CT molecular complexity index is 958. The number of carbonyl (C=O) groups excluding carboxylic acids is 1. The van der Waals surface area contributed by atoms with E-state index in [0.29, 0.717) is 33.1 Å². The number of carbonyl (C=O) groups is 1. The van der Waals surface area contributed by atoms with Gasteiger partial charge in [-0.05, 0) is 56.3 Å². The van der Waals surface area contributed by atoms with Gasteiger partial charge < -0.3 is 10.6 Å². The molecule has 2 N–H and O–H groups in total. The summed E-state index contributed by atoms with van der Waals surface area (Å²) in [5.74, 6) is 1.05. The molecule has 1 aromatic heterocycles. The first-order chi connectivity index (χ1) is 12.4. The minimum absolute atomic E-state index is 0.0271. The van der Waals surface area contributed by atoms with Crippen LogP contribution in [-0.2, 0) is 0 Å². The second-order valence-corrected chi connectivity index (χ2v) is 6.57. The molecular weight excluding hydrogens is 371 g/mol. The highest BCUT2D eigenvalue weighted by Crippen LogP contribution is 2.28. The molecule has 0 bridgehead atoms. The Morgan fingerprint density at radius 1 is 0.962 bits per heavy atom. The molecule has 0 aliphatic rings. The molecule has 0 saturated heterocycles. The molecule has 0 spiro atoms. The summed E-state index contributed by atoms with van der Waals surface area (Å²) in [7, 11) is 0. The third-order valence-corrected chi connectivity index (χ3v) is 4.16. The predicted octanol–water partition coefficient (Wildman–Crippen LogP) is 5.78. The van der Waals surface area contributed by atoms with E-state index in [1.54, 1.807) is 30.3 Å². The smallest absolute Gasteiger partial charge is 0.229 e. The van der Waals surface area contributed by atoms with Crippen molar-refractivity contribution < 1.29 is 4.79 Å². The predicted molar refractivity (Wildman–Crippen MR) is 106 cm³/mol. The number of benzene rings is 2. The van der Waals surface area contributed by atoms with Crippen molar-refractivity contribution in [1.29, 1.82) is 0 Å². The van der Waals surface area contributed by atoms with Gasteiger partial charge in [0.2, 0.25) is 5.95 Å². The summed E-state index contributed by atoms with van der Waals surface area (Å²) < 4.78 is 0. The number of halogens is 2. The van der Waals surface area contributed by atoms with Crippen molar-refractivity contribution in [3.8, 4) is 0 Å². The van der Waals surface area contributed by atoms with E-state index in [1.165, 1.54) is 6.92 Å². The van der Waals surface area contributed by atoms with Crippen LogP contribution >= 0.6 is 23.2 Å². The maximum atomic E-state index is 11.4. The van der Waals surface area contributed by atoms with Gasteiger partial charge in [0.15, 0.2) is 5.78 Å². The lowest BCUT2D eigenvalue weighted by Crippen LogP contribution is -2.03. The van der Waals surface area contributed by atoms with Crippen molar-refractivity contribution in [2.24, 2.45) is 0 Å². The molecule has 26 heavy (non-hydrogen) atoms. The van der Waals surface area contributed by atoms with Crippen LogP contribution in [0.2, 0.25) is 10.0 Å². The van der Waals surface area contributed by atoms with Gasteiger partial charge in [-0.25, -0.2) is 4.98 Å². The maximum absolute atomic E-state index is 11.4. The number of aryl methyl sites for hydroxylation is 1. The Morgan fingerprint density at radius 3 is 2.38 bits per heavy atom. The van der Waals surface area contributed by atoms with Gasteiger partial charge in [-0.2, -0.15) is 4.98 Å². The average molecular weight is 387 g/mol. The number of ketones is 1. The van der Waals surface area contributed by atoms with Crippen LogP contribution in [0.25, 0.3) is 0 Å². The fourth-order valence-corrected chi connectivity index (χ4v) is 2.68. The Hall–Kier alpha value is -2.63. The van der Waals surface area contributed by atoms with Crippen molar-refractivity contribution in [1.82, 2.24) is 9.97 Å². The van der Waals surface area contributed by atoms with Crippen LogP contribution < -0.4 is 10.6 Å². The fourth-order valence-electron chi connectivity index (χ4n) is 2.34. The number of nitrogens with zero attached hydrogens (tertiary/aromatic N) is 2. The number of Topliss-reactive ketones (excluding diaryl/α,β-unsaturated/α-hetero) is 1. The number of hydrogen-bond donors (Lipinski definition) is 2. The summed E-state index contributed by atoms with van der Waals surface area (Å²) in [4.78, 5) is 20.2. The minimum Gasteiger partial charge on any atom is -0.340 e. The summed E-state index contributed by atoms with van der Waals surface area (Å²) in [5, 5.41) is 7.37. The minimum atomic E-state index is 0.0271. The van der Waals surface area contributed by atoms with Gasteiger partial charge in [0, 0.05) is 28.0 Å². The standard InChI is InChI=1S/C19H16Cl2N4O/c1-11-9-18(23-15-6-3-13(4-7-15)12(2)26)25-19(22-11)24-17-10-14(20)5-8-16(17)21/h3-10H,1-2H3,(H2,22,23,24,25). The van der Waals surface area contributed by atoms with E-state index in [0.717, 1.165) is 11.4 Å². The molecule has 2 aromatic carbocycles. The summed E-state index contributed by atoms with van der Waals surface area (Å²) in [6, 6.07) is 14.1. The molecule has 0 atom stereocenters. The van der Waals surface area contributed by atoms with Crippen LogP contribution in [-0.4, -0.2) is 15.8 Å². The van der Waals surface area contributed by atoms with Crippen molar-refractivity contribution in [3.05, 3.63) is 69.8 Å². The van der Waals surface area contributed by atoms with Gasteiger partial charge >= 0.3 is 0 Å². The van der Waals surface area contributed by atoms with E-state index >= 15 is 0 Å². The average Bonchev–Trinajstić information content (AvgIpc) is 2.58. The van der Waals surface area contributed by atoms with Crippen LogP contribution in [0.4, 0.5) is 23.1 Å². The van der Waals surface area contributed by atoms with Crippen LogP contribution in [0.3, 0.4) is 0 Å². The molecule has 132 valence electrons. The molecule has 7 heteroatoms. The van der Waals surface area contributed by atoms with E-state index in [9.17, 15) is 4.79 Å². The summed E-state index contributed by atoms with van der Waals surface area (Å²) in [5.41, 5.74) is 2.89. The molecule has 0 fully saturated rings. The number of nitrogens with one attached hydrogen (secondary N) is 2. The second kappa shape index (κ2) is 7.72. The zero-order valence-corrected chi connectivity index (χ0v) is 15.7. The Morgan fingerprint density at radius 2 is 1.69 bits per heavy atom. The van der Waals surface area contributed by atoms with Crippen LogP contribution in [0.1, 0.15) is 23.0 Å². The Kier molecular flexibility index (Phi) is 5.40. The third kappa shape index (κ3) is 4.50. The monoisotopic (exact) mass is 386 g/mol.